The van der Waals surface area contributed by atoms with E-state index >= 15 is 0 Å². The predicted octanol–water partition coefficient (Wildman–Crippen LogP) is 3.19. The normalized spacial score (nSPS) is 10.4. The van der Waals surface area contributed by atoms with Gasteiger partial charge in [-0.15, -0.1) is 0 Å². The summed E-state index contributed by atoms with van der Waals surface area (Å²) in [6, 6.07) is 10.8. The molecule has 0 saturated heterocycles. The number of nitrogens with zero attached hydrogens (tertiary/aromatic N) is 1. The van der Waals surface area contributed by atoms with Crippen LogP contribution >= 0.6 is 0 Å². The van der Waals surface area contributed by atoms with Crippen LogP contribution in [0.25, 0.3) is 6.08 Å². The number of hydrogen-bond acceptors (Lipinski definition) is 3. The third-order valence-corrected chi connectivity index (χ3v) is 2.78. The topological polar surface area (TPSA) is 63.2 Å². The third-order valence-electron chi connectivity index (χ3n) is 2.78. The molecule has 0 fully saturated rings. The van der Waals surface area contributed by atoms with Crippen LogP contribution in [0.4, 0.5) is 10.5 Å². The highest BCUT2D eigenvalue weighted by Crippen LogP contribution is 2.12. The number of anilines is 1. The Morgan fingerprint density at radius 1 is 1.19 bits per heavy atom. The van der Waals surface area contributed by atoms with Crippen molar-refractivity contribution in [2.45, 2.75) is 6.92 Å². The summed E-state index contributed by atoms with van der Waals surface area (Å²) in [7, 11) is 1.62. The van der Waals surface area contributed by atoms with Crippen LogP contribution in [-0.2, 0) is 0 Å². The summed E-state index contributed by atoms with van der Waals surface area (Å²) in [6.07, 6.45) is 4.99. The van der Waals surface area contributed by atoms with Gasteiger partial charge in [-0.3, -0.25) is 4.98 Å². The highest BCUT2D eigenvalue weighted by molar-refractivity contribution is 5.90. The highest BCUT2D eigenvalue weighted by Gasteiger charge is 1.99. The van der Waals surface area contributed by atoms with Gasteiger partial charge < -0.3 is 15.4 Å². The molecule has 2 aromatic rings. The third kappa shape index (κ3) is 4.65. The van der Waals surface area contributed by atoms with Gasteiger partial charge in [0.25, 0.3) is 0 Å². The van der Waals surface area contributed by atoms with E-state index in [0.717, 1.165) is 17.0 Å². The minimum absolute atomic E-state index is 0.314. The molecule has 0 aliphatic carbocycles. The molecule has 0 spiro atoms. The van der Waals surface area contributed by atoms with Gasteiger partial charge in [0.2, 0.25) is 0 Å². The van der Waals surface area contributed by atoms with Crippen molar-refractivity contribution in [1.82, 2.24) is 10.3 Å². The average Bonchev–Trinajstić information content (AvgIpc) is 2.50. The van der Waals surface area contributed by atoms with Crippen LogP contribution in [0.1, 0.15) is 11.3 Å². The van der Waals surface area contributed by atoms with Gasteiger partial charge in [-0.2, -0.15) is 0 Å². The maximum absolute atomic E-state index is 11.7. The zero-order chi connectivity index (χ0) is 15.1. The van der Waals surface area contributed by atoms with Crippen molar-refractivity contribution in [2.75, 3.05) is 12.4 Å². The Kier molecular flexibility index (Phi) is 4.93. The SMILES string of the molecule is COc1ccc(/C=C/NC(=O)Nc2ccc(C)nc2)cc1. The van der Waals surface area contributed by atoms with Crippen LogP contribution in [-0.4, -0.2) is 18.1 Å². The van der Waals surface area contributed by atoms with Gasteiger partial charge in [0, 0.05) is 11.9 Å². The molecule has 0 aliphatic rings. The molecule has 0 unspecified atom stereocenters. The molecule has 21 heavy (non-hydrogen) atoms. The number of aromatic nitrogens is 1. The van der Waals surface area contributed by atoms with Gasteiger partial charge in [0.15, 0.2) is 0 Å². The quantitative estimate of drug-likeness (QED) is 0.905. The number of nitrogens with one attached hydrogen (secondary N) is 2. The lowest BCUT2D eigenvalue weighted by molar-refractivity contribution is 0.255. The molecule has 5 nitrogen and oxygen atoms in total. The maximum atomic E-state index is 11.7. The summed E-state index contributed by atoms with van der Waals surface area (Å²) >= 11 is 0. The van der Waals surface area contributed by atoms with Gasteiger partial charge in [0.05, 0.1) is 19.0 Å². The van der Waals surface area contributed by atoms with E-state index in [1.54, 1.807) is 31.6 Å². The highest BCUT2D eigenvalue weighted by atomic mass is 16.5. The molecular formula is C16H17N3O2. The first-order valence-electron chi connectivity index (χ1n) is 6.48. The van der Waals surface area contributed by atoms with Gasteiger partial charge in [-0.05, 0) is 42.8 Å². The Balaban J connectivity index is 1.85. The summed E-state index contributed by atoms with van der Waals surface area (Å²) in [4.78, 5) is 15.8. The molecular weight excluding hydrogens is 266 g/mol. The van der Waals surface area contributed by atoms with Crippen LogP contribution in [0, 0.1) is 6.92 Å². The van der Waals surface area contributed by atoms with E-state index in [2.05, 4.69) is 15.6 Å². The second-order valence-electron chi connectivity index (χ2n) is 4.39. The lowest BCUT2D eigenvalue weighted by atomic mass is 10.2. The molecule has 2 N–H and O–H groups in total. The number of carbonyl (C=O) groups is 1. The first-order chi connectivity index (χ1) is 10.2. The number of carbonyl (C=O) groups excluding carboxylic acids is 1. The number of aryl methyl sites for hydroxylation is 1. The monoisotopic (exact) mass is 283 g/mol. The number of hydrogen-bond donors (Lipinski definition) is 2. The predicted molar refractivity (Wildman–Crippen MR) is 83.2 cm³/mol. The molecule has 2 amide bonds. The van der Waals surface area contributed by atoms with E-state index < -0.39 is 0 Å². The number of methoxy groups -OCH3 is 1. The summed E-state index contributed by atoms with van der Waals surface area (Å²) in [5, 5.41) is 5.32. The zero-order valence-corrected chi connectivity index (χ0v) is 12.0. The number of urea groups is 1. The number of ether oxygens (including phenoxy) is 1. The van der Waals surface area contributed by atoms with Gasteiger partial charge in [0.1, 0.15) is 5.75 Å². The van der Waals surface area contributed by atoms with Crippen molar-refractivity contribution in [3.05, 3.63) is 60.1 Å². The van der Waals surface area contributed by atoms with Crippen molar-refractivity contribution in [2.24, 2.45) is 0 Å². The standard InChI is InChI=1S/C16H17N3O2/c1-12-3-6-14(11-18-12)19-16(20)17-10-9-13-4-7-15(21-2)8-5-13/h3-11H,1-2H3,(H2,17,19,20)/b10-9+. The molecule has 2 rings (SSSR count). The second kappa shape index (κ2) is 7.09. The van der Waals surface area contributed by atoms with Crippen molar-refractivity contribution in [3.63, 3.8) is 0 Å². The molecule has 1 heterocycles. The van der Waals surface area contributed by atoms with E-state index in [0.29, 0.717) is 5.69 Å². The summed E-state index contributed by atoms with van der Waals surface area (Å²) < 4.78 is 5.08. The smallest absolute Gasteiger partial charge is 0.323 e. The zero-order valence-electron chi connectivity index (χ0n) is 12.0. The Morgan fingerprint density at radius 3 is 2.57 bits per heavy atom. The Bertz CT molecular complexity index is 619. The fourth-order valence-corrected chi connectivity index (χ4v) is 1.64. The summed E-state index contributed by atoms with van der Waals surface area (Å²) in [5.41, 5.74) is 2.52. The van der Waals surface area contributed by atoms with E-state index in [4.69, 9.17) is 4.74 Å². The van der Waals surface area contributed by atoms with E-state index in [9.17, 15) is 4.79 Å². The Hall–Kier alpha value is -2.82. The second-order valence-corrected chi connectivity index (χ2v) is 4.39. The lowest BCUT2D eigenvalue weighted by Gasteiger charge is -2.04. The van der Waals surface area contributed by atoms with Gasteiger partial charge >= 0.3 is 6.03 Å². The minimum Gasteiger partial charge on any atom is -0.497 e. The van der Waals surface area contributed by atoms with Crippen LogP contribution in [0.3, 0.4) is 0 Å². The van der Waals surface area contributed by atoms with Crippen molar-refractivity contribution in [1.29, 1.82) is 0 Å². The fourth-order valence-electron chi connectivity index (χ4n) is 1.64. The molecule has 1 aromatic carbocycles. The van der Waals surface area contributed by atoms with Crippen LogP contribution in [0.2, 0.25) is 0 Å². The fraction of sp³-hybridized carbons (Fsp3) is 0.125. The largest absolute Gasteiger partial charge is 0.497 e. The number of amides is 2. The molecule has 0 bridgehead atoms. The van der Waals surface area contributed by atoms with Gasteiger partial charge in [-0.1, -0.05) is 12.1 Å². The molecule has 108 valence electrons. The van der Waals surface area contributed by atoms with Crippen LogP contribution in [0.15, 0.2) is 48.8 Å². The number of benzene rings is 1. The van der Waals surface area contributed by atoms with Gasteiger partial charge in [-0.25, -0.2) is 4.79 Å². The lowest BCUT2D eigenvalue weighted by Crippen LogP contribution is -2.23. The van der Waals surface area contributed by atoms with E-state index in [1.807, 2.05) is 37.3 Å². The van der Waals surface area contributed by atoms with E-state index in [-0.39, 0.29) is 6.03 Å². The molecule has 5 heteroatoms. The molecule has 0 aliphatic heterocycles. The number of pyridine rings is 1. The van der Waals surface area contributed by atoms with Crippen LogP contribution < -0.4 is 15.4 Å². The van der Waals surface area contributed by atoms with Crippen molar-refractivity contribution < 1.29 is 9.53 Å². The van der Waals surface area contributed by atoms with Crippen LogP contribution in [0.5, 0.6) is 5.75 Å². The summed E-state index contributed by atoms with van der Waals surface area (Å²) in [6.45, 7) is 1.89. The minimum atomic E-state index is -0.314. The van der Waals surface area contributed by atoms with E-state index in [1.165, 1.54) is 0 Å². The van der Waals surface area contributed by atoms with Crippen molar-refractivity contribution >= 4 is 17.8 Å². The summed E-state index contributed by atoms with van der Waals surface area (Å²) in [5.74, 6) is 0.796. The maximum Gasteiger partial charge on any atom is 0.323 e. The number of rotatable bonds is 4. The molecule has 0 radical (unpaired) electrons. The Morgan fingerprint density at radius 2 is 1.95 bits per heavy atom. The first-order valence-corrected chi connectivity index (χ1v) is 6.48. The average molecular weight is 283 g/mol. The van der Waals surface area contributed by atoms with Crippen molar-refractivity contribution in [3.8, 4) is 5.75 Å². The molecule has 0 atom stereocenters. The molecule has 1 aromatic heterocycles. The first kappa shape index (κ1) is 14.6. The molecule has 0 saturated carbocycles. The Labute approximate surface area is 123 Å².